The van der Waals surface area contributed by atoms with E-state index in [0.29, 0.717) is 6.42 Å². The second kappa shape index (κ2) is 4.82. The first-order chi connectivity index (χ1) is 6.18. The number of amides is 1. The van der Waals surface area contributed by atoms with E-state index in [-0.39, 0.29) is 12.1 Å². The van der Waals surface area contributed by atoms with Crippen molar-refractivity contribution < 1.29 is 4.79 Å². The Balaban J connectivity index is 2.35. The van der Waals surface area contributed by atoms with Crippen molar-refractivity contribution in [3.05, 3.63) is 23.8 Å². The second-order valence-electron chi connectivity index (χ2n) is 3.29. The minimum absolute atomic E-state index is 0.00667. The zero-order chi connectivity index (χ0) is 9.68. The number of nitrogens with one attached hydrogen (secondary N) is 1. The summed E-state index contributed by atoms with van der Waals surface area (Å²) in [7, 11) is 0. The Morgan fingerprint density at radius 1 is 1.69 bits per heavy atom. The number of hydrogen-bond donors (Lipinski definition) is 2. The summed E-state index contributed by atoms with van der Waals surface area (Å²) in [5.41, 5.74) is 6.52. The molecule has 1 unspecified atom stereocenters. The Kier molecular flexibility index (Phi) is 3.71. The van der Waals surface area contributed by atoms with Crippen LogP contribution in [0, 0.1) is 0 Å². The third-order valence-electron chi connectivity index (χ3n) is 1.83. The van der Waals surface area contributed by atoms with Crippen molar-refractivity contribution in [1.82, 2.24) is 5.32 Å². The van der Waals surface area contributed by atoms with Gasteiger partial charge in [-0.1, -0.05) is 18.2 Å². The minimum atomic E-state index is -0.263. The molecule has 0 aromatic carbocycles. The number of rotatable bonds is 3. The van der Waals surface area contributed by atoms with E-state index in [4.69, 9.17) is 5.73 Å². The van der Waals surface area contributed by atoms with Crippen LogP contribution in [0.2, 0.25) is 0 Å². The Morgan fingerprint density at radius 3 is 3.00 bits per heavy atom. The fourth-order valence-electron chi connectivity index (χ4n) is 1.29. The number of carbonyl (C=O) groups excluding carboxylic acids is 1. The van der Waals surface area contributed by atoms with E-state index < -0.39 is 0 Å². The molecule has 0 saturated heterocycles. The average molecular weight is 180 g/mol. The molecule has 0 aromatic rings. The number of nitrogens with two attached hydrogens (primary N) is 1. The minimum Gasteiger partial charge on any atom is -0.341 e. The maximum absolute atomic E-state index is 11.3. The van der Waals surface area contributed by atoms with E-state index in [1.165, 1.54) is 0 Å². The predicted octanol–water partition coefficient (Wildman–Crippen LogP) is 1.07. The summed E-state index contributed by atoms with van der Waals surface area (Å²) < 4.78 is 0. The van der Waals surface area contributed by atoms with Crippen LogP contribution in [0.3, 0.4) is 0 Å². The monoisotopic (exact) mass is 180 g/mol. The molecule has 0 radical (unpaired) electrons. The lowest BCUT2D eigenvalue weighted by molar-refractivity contribution is -0.120. The molecule has 13 heavy (non-hydrogen) atoms. The molecule has 0 spiro atoms. The Hall–Kier alpha value is -1.09. The zero-order valence-electron chi connectivity index (χ0n) is 7.92. The zero-order valence-corrected chi connectivity index (χ0v) is 7.92. The molecule has 0 saturated carbocycles. The average Bonchev–Trinajstić information content (AvgIpc) is 2.04. The highest BCUT2D eigenvalue weighted by molar-refractivity contribution is 5.79. The molecule has 0 aromatic heterocycles. The van der Waals surface area contributed by atoms with Gasteiger partial charge in [0.2, 0.25) is 5.91 Å². The molecule has 3 heteroatoms. The van der Waals surface area contributed by atoms with Crippen LogP contribution in [-0.4, -0.2) is 12.1 Å². The standard InChI is InChI=1S/C10H16N2O/c1-8(11)12-10(13)7-9-5-3-2-4-6-9/h3,5-6,8H,2,4,7,11H2,1H3,(H,12,13). The van der Waals surface area contributed by atoms with E-state index in [1.807, 2.05) is 6.08 Å². The third kappa shape index (κ3) is 3.90. The molecule has 3 nitrogen and oxygen atoms in total. The molecule has 0 fully saturated rings. The van der Waals surface area contributed by atoms with E-state index in [2.05, 4.69) is 17.5 Å². The third-order valence-corrected chi connectivity index (χ3v) is 1.83. The van der Waals surface area contributed by atoms with Crippen molar-refractivity contribution in [2.75, 3.05) is 0 Å². The molecule has 1 aliphatic rings. The van der Waals surface area contributed by atoms with Gasteiger partial charge in [-0.05, 0) is 25.3 Å². The van der Waals surface area contributed by atoms with Crippen LogP contribution >= 0.6 is 0 Å². The summed E-state index contributed by atoms with van der Waals surface area (Å²) in [6.07, 6.45) is 8.49. The SMILES string of the molecule is CC(N)NC(=O)CC1=CCCC=C1. The first-order valence-corrected chi connectivity index (χ1v) is 4.59. The molecule has 0 aliphatic heterocycles. The molecule has 1 amide bonds. The van der Waals surface area contributed by atoms with Crippen LogP contribution in [0.1, 0.15) is 26.2 Å². The summed E-state index contributed by atoms with van der Waals surface area (Å²) in [5.74, 6) is -0.00667. The molecule has 1 aliphatic carbocycles. The van der Waals surface area contributed by atoms with Gasteiger partial charge in [0.1, 0.15) is 0 Å². The number of hydrogen-bond acceptors (Lipinski definition) is 2. The lowest BCUT2D eigenvalue weighted by Gasteiger charge is -2.10. The second-order valence-corrected chi connectivity index (χ2v) is 3.29. The molecular weight excluding hydrogens is 164 g/mol. The highest BCUT2D eigenvalue weighted by Gasteiger charge is 2.06. The highest BCUT2D eigenvalue weighted by Crippen LogP contribution is 2.12. The van der Waals surface area contributed by atoms with Crippen molar-refractivity contribution in [2.24, 2.45) is 5.73 Å². The maximum atomic E-state index is 11.3. The van der Waals surface area contributed by atoms with Crippen LogP contribution < -0.4 is 11.1 Å². The van der Waals surface area contributed by atoms with E-state index in [9.17, 15) is 4.79 Å². The summed E-state index contributed by atoms with van der Waals surface area (Å²) in [6, 6.07) is 0. The molecule has 3 N–H and O–H groups in total. The van der Waals surface area contributed by atoms with Gasteiger partial charge in [-0.25, -0.2) is 0 Å². The van der Waals surface area contributed by atoms with Crippen LogP contribution in [0.4, 0.5) is 0 Å². The van der Waals surface area contributed by atoms with Gasteiger partial charge in [0.15, 0.2) is 0 Å². The van der Waals surface area contributed by atoms with Crippen molar-refractivity contribution in [3.63, 3.8) is 0 Å². The van der Waals surface area contributed by atoms with Gasteiger partial charge in [-0.3, -0.25) is 4.79 Å². The Labute approximate surface area is 78.7 Å². The van der Waals surface area contributed by atoms with Gasteiger partial charge >= 0.3 is 0 Å². The van der Waals surface area contributed by atoms with Crippen LogP contribution in [-0.2, 0) is 4.79 Å². The lowest BCUT2D eigenvalue weighted by atomic mass is 10.0. The molecule has 0 heterocycles. The smallest absolute Gasteiger partial charge is 0.225 e. The predicted molar refractivity (Wildman–Crippen MR) is 52.9 cm³/mol. The fourth-order valence-corrected chi connectivity index (χ4v) is 1.29. The summed E-state index contributed by atoms with van der Waals surface area (Å²) in [4.78, 5) is 11.3. The highest BCUT2D eigenvalue weighted by atomic mass is 16.1. The number of allylic oxidation sites excluding steroid dienone is 3. The fraction of sp³-hybridized carbons (Fsp3) is 0.500. The largest absolute Gasteiger partial charge is 0.341 e. The van der Waals surface area contributed by atoms with Crippen LogP contribution in [0.25, 0.3) is 0 Å². The first-order valence-electron chi connectivity index (χ1n) is 4.59. The van der Waals surface area contributed by atoms with E-state index in [0.717, 1.165) is 18.4 Å². The summed E-state index contributed by atoms with van der Waals surface area (Å²) in [6.45, 7) is 1.75. The molecular formula is C10H16N2O. The summed E-state index contributed by atoms with van der Waals surface area (Å²) >= 11 is 0. The topological polar surface area (TPSA) is 55.1 Å². The molecule has 1 atom stereocenters. The number of carbonyl (C=O) groups is 1. The maximum Gasteiger partial charge on any atom is 0.225 e. The Morgan fingerprint density at radius 2 is 2.46 bits per heavy atom. The van der Waals surface area contributed by atoms with Gasteiger partial charge in [-0.15, -0.1) is 0 Å². The molecule has 1 rings (SSSR count). The lowest BCUT2D eigenvalue weighted by Crippen LogP contribution is -2.38. The van der Waals surface area contributed by atoms with Gasteiger partial charge < -0.3 is 11.1 Å². The quantitative estimate of drug-likeness (QED) is 0.638. The van der Waals surface area contributed by atoms with Crippen LogP contribution in [0.5, 0.6) is 0 Å². The Bertz CT molecular complexity index is 241. The van der Waals surface area contributed by atoms with Crippen LogP contribution in [0.15, 0.2) is 23.8 Å². The van der Waals surface area contributed by atoms with E-state index in [1.54, 1.807) is 6.92 Å². The van der Waals surface area contributed by atoms with Gasteiger partial charge in [0, 0.05) is 0 Å². The normalized spacial score (nSPS) is 17.8. The van der Waals surface area contributed by atoms with E-state index >= 15 is 0 Å². The van der Waals surface area contributed by atoms with Gasteiger partial charge in [-0.2, -0.15) is 0 Å². The molecule has 72 valence electrons. The van der Waals surface area contributed by atoms with Crippen molar-refractivity contribution in [3.8, 4) is 0 Å². The van der Waals surface area contributed by atoms with Crippen molar-refractivity contribution >= 4 is 5.91 Å². The van der Waals surface area contributed by atoms with Gasteiger partial charge in [0.25, 0.3) is 0 Å². The van der Waals surface area contributed by atoms with Gasteiger partial charge in [0.05, 0.1) is 12.6 Å². The summed E-state index contributed by atoms with van der Waals surface area (Å²) in [5, 5.41) is 2.65. The molecule has 0 bridgehead atoms. The van der Waals surface area contributed by atoms with Crippen molar-refractivity contribution in [1.29, 1.82) is 0 Å². The van der Waals surface area contributed by atoms with Crippen molar-refractivity contribution in [2.45, 2.75) is 32.4 Å². The first kappa shape index (κ1) is 9.99.